The Bertz CT molecular complexity index is 458. The zero-order chi connectivity index (χ0) is 14.5. The van der Waals surface area contributed by atoms with Gasteiger partial charge in [-0.05, 0) is 37.3 Å². The van der Waals surface area contributed by atoms with Gasteiger partial charge in [0, 0.05) is 18.5 Å². The van der Waals surface area contributed by atoms with Gasteiger partial charge in [-0.2, -0.15) is 0 Å². The molecular weight excluding hydrogens is 250 g/mol. The van der Waals surface area contributed by atoms with Crippen molar-refractivity contribution < 1.29 is 9.90 Å². The number of carbonyl (C=O) groups is 1. The SMILES string of the molecule is CC(CCCC(C)C(=O)O)NCC1Cc2ccccc21. The Kier molecular flexibility index (Phi) is 5.18. The van der Waals surface area contributed by atoms with E-state index in [0.717, 1.165) is 25.8 Å². The smallest absolute Gasteiger partial charge is 0.306 e. The summed E-state index contributed by atoms with van der Waals surface area (Å²) in [4.78, 5) is 10.7. The van der Waals surface area contributed by atoms with Gasteiger partial charge in [-0.3, -0.25) is 4.79 Å². The standard InChI is InChI=1S/C17H25NO2/c1-12(17(19)20)6-5-7-13(2)18-11-15-10-14-8-3-4-9-16(14)15/h3-4,8-9,12-13,15,18H,5-7,10-11H2,1-2H3,(H,19,20). The quantitative estimate of drug-likeness (QED) is 0.766. The van der Waals surface area contributed by atoms with Crippen molar-refractivity contribution in [2.24, 2.45) is 5.92 Å². The Labute approximate surface area is 121 Å². The van der Waals surface area contributed by atoms with Crippen molar-refractivity contribution in [3.05, 3.63) is 35.4 Å². The molecule has 0 bridgehead atoms. The first-order chi connectivity index (χ1) is 9.58. The average Bonchev–Trinajstić information content (AvgIpc) is 2.39. The van der Waals surface area contributed by atoms with E-state index in [1.807, 2.05) is 0 Å². The Morgan fingerprint density at radius 1 is 1.35 bits per heavy atom. The van der Waals surface area contributed by atoms with Gasteiger partial charge in [-0.25, -0.2) is 0 Å². The largest absolute Gasteiger partial charge is 0.481 e. The van der Waals surface area contributed by atoms with E-state index in [1.165, 1.54) is 17.5 Å². The molecule has 110 valence electrons. The van der Waals surface area contributed by atoms with Crippen LogP contribution in [0.1, 0.15) is 50.2 Å². The van der Waals surface area contributed by atoms with E-state index < -0.39 is 5.97 Å². The first-order valence-electron chi connectivity index (χ1n) is 7.62. The van der Waals surface area contributed by atoms with Crippen molar-refractivity contribution in [3.8, 4) is 0 Å². The van der Waals surface area contributed by atoms with Crippen LogP contribution in [0.2, 0.25) is 0 Å². The van der Waals surface area contributed by atoms with Crippen molar-refractivity contribution in [2.45, 2.75) is 51.5 Å². The zero-order valence-electron chi connectivity index (χ0n) is 12.4. The Hall–Kier alpha value is -1.35. The minimum absolute atomic E-state index is 0.222. The highest BCUT2D eigenvalue weighted by atomic mass is 16.4. The second-order valence-electron chi connectivity index (χ2n) is 6.08. The van der Waals surface area contributed by atoms with E-state index in [0.29, 0.717) is 12.0 Å². The molecule has 1 aromatic rings. The minimum atomic E-state index is -0.684. The maximum absolute atomic E-state index is 10.7. The molecule has 1 aliphatic carbocycles. The summed E-state index contributed by atoms with van der Waals surface area (Å²) < 4.78 is 0. The molecule has 2 rings (SSSR count). The second-order valence-corrected chi connectivity index (χ2v) is 6.08. The van der Waals surface area contributed by atoms with Gasteiger partial charge in [0.1, 0.15) is 0 Å². The van der Waals surface area contributed by atoms with Crippen LogP contribution in [0.5, 0.6) is 0 Å². The third-order valence-corrected chi connectivity index (χ3v) is 4.37. The van der Waals surface area contributed by atoms with E-state index >= 15 is 0 Å². The van der Waals surface area contributed by atoms with Crippen molar-refractivity contribution >= 4 is 5.97 Å². The lowest BCUT2D eigenvalue weighted by molar-refractivity contribution is -0.141. The number of hydrogen-bond donors (Lipinski definition) is 2. The number of aliphatic carboxylic acids is 1. The third-order valence-electron chi connectivity index (χ3n) is 4.37. The van der Waals surface area contributed by atoms with Crippen LogP contribution in [0, 0.1) is 5.92 Å². The van der Waals surface area contributed by atoms with Crippen LogP contribution in [0.15, 0.2) is 24.3 Å². The van der Waals surface area contributed by atoms with E-state index in [-0.39, 0.29) is 5.92 Å². The summed E-state index contributed by atoms with van der Waals surface area (Å²) >= 11 is 0. The lowest BCUT2D eigenvalue weighted by Gasteiger charge is -2.31. The Morgan fingerprint density at radius 2 is 2.10 bits per heavy atom. The molecule has 20 heavy (non-hydrogen) atoms. The fourth-order valence-electron chi connectivity index (χ4n) is 2.84. The Morgan fingerprint density at radius 3 is 2.80 bits per heavy atom. The number of hydrogen-bond acceptors (Lipinski definition) is 2. The van der Waals surface area contributed by atoms with Gasteiger partial charge in [-0.1, -0.05) is 37.6 Å². The summed E-state index contributed by atoms with van der Waals surface area (Å²) in [6, 6.07) is 9.12. The van der Waals surface area contributed by atoms with Gasteiger partial charge >= 0.3 is 5.97 Å². The predicted molar refractivity (Wildman–Crippen MR) is 81.0 cm³/mol. The zero-order valence-corrected chi connectivity index (χ0v) is 12.4. The molecule has 0 aliphatic heterocycles. The highest BCUT2D eigenvalue weighted by Crippen LogP contribution is 2.34. The molecular formula is C17H25NO2. The molecule has 1 aromatic carbocycles. The van der Waals surface area contributed by atoms with Crippen LogP contribution < -0.4 is 5.32 Å². The number of rotatable bonds is 8. The molecule has 0 spiro atoms. The van der Waals surface area contributed by atoms with Crippen LogP contribution in [0.4, 0.5) is 0 Å². The van der Waals surface area contributed by atoms with Crippen LogP contribution in [-0.2, 0) is 11.2 Å². The molecule has 0 saturated carbocycles. The van der Waals surface area contributed by atoms with Crippen molar-refractivity contribution in [3.63, 3.8) is 0 Å². The molecule has 0 amide bonds. The van der Waals surface area contributed by atoms with Gasteiger partial charge < -0.3 is 10.4 Å². The summed E-state index contributed by atoms with van der Waals surface area (Å²) in [7, 11) is 0. The molecule has 0 heterocycles. The van der Waals surface area contributed by atoms with Crippen LogP contribution in [-0.4, -0.2) is 23.7 Å². The maximum Gasteiger partial charge on any atom is 0.306 e. The molecule has 3 heteroatoms. The highest BCUT2D eigenvalue weighted by Gasteiger charge is 2.25. The average molecular weight is 275 g/mol. The van der Waals surface area contributed by atoms with E-state index in [4.69, 9.17) is 5.11 Å². The van der Waals surface area contributed by atoms with Crippen molar-refractivity contribution in [2.75, 3.05) is 6.54 Å². The fourth-order valence-corrected chi connectivity index (χ4v) is 2.84. The molecule has 3 nitrogen and oxygen atoms in total. The summed E-state index contributed by atoms with van der Waals surface area (Å²) in [5.41, 5.74) is 2.98. The van der Waals surface area contributed by atoms with Gasteiger partial charge in [0.05, 0.1) is 5.92 Å². The van der Waals surface area contributed by atoms with Gasteiger partial charge in [0.25, 0.3) is 0 Å². The third kappa shape index (κ3) is 3.83. The summed E-state index contributed by atoms with van der Waals surface area (Å²) in [6.07, 6.45) is 3.98. The lowest BCUT2D eigenvalue weighted by atomic mass is 9.77. The van der Waals surface area contributed by atoms with Crippen LogP contribution >= 0.6 is 0 Å². The van der Waals surface area contributed by atoms with Crippen molar-refractivity contribution in [1.29, 1.82) is 0 Å². The molecule has 0 radical (unpaired) electrons. The topological polar surface area (TPSA) is 49.3 Å². The number of carboxylic acid groups (broad SMARTS) is 1. The second kappa shape index (κ2) is 6.89. The Balaban J connectivity index is 1.62. The van der Waals surface area contributed by atoms with Crippen molar-refractivity contribution in [1.82, 2.24) is 5.32 Å². The first-order valence-corrected chi connectivity index (χ1v) is 7.62. The predicted octanol–water partition coefficient (Wildman–Crippen LogP) is 3.20. The molecule has 3 unspecified atom stereocenters. The molecule has 3 atom stereocenters. The molecule has 1 aliphatic rings. The number of fused-ring (bicyclic) bond motifs is 1. The molecule has 2 N–H and O–H groups in total. The van der Waals surface area contributed by atoms with E-state index in [1.54, 1.807) is 6.92 Å². The normalized spacial score (nSPS) is 19.8. The van der Waals surface area contributed by atoms with Crippen LogP contribution in [0.25, 0.3) is 0 Å². The molecule has 0 saturated heterocycles. The first kappa shape index (κ1) is 15.0. The minimum Gasteiger partial charge on any atom is -0.481 e. The number of nitrogens with one attached hydrogen (secondary N) is 1. The van der Waals surface area contributed by atoms with E-state index in [9.17, 15) is 4.79 Å². The summed E-state index contributed by atoms with van der Waals surface area (Å²) in [6.45, 7) is 5.01. The lowest BCUT2D eigenvalue weighted by Crippen LogP contribution is -2.34. The van der Waals surface area contributed by atoms with Gasteiger partial charge in [0.15, 0.2) is 0 Å². The van der Waals surface area contributed by atoms with E-state index in [2.05, 4.69) is 36.5 Å². The van der Waals surface area contributed by atoms with Gasteiger partial charge in [-0.15, -0.1) is 0 Å². The summed E-state index contributed by atoms with van der Waals surface area (Å²) in [5, 5.41) is 12.4. The number of benzene rings is 1. The number of carboxylic acids is 1. The maximum atomic E-state index is 10.7. The van der Waals surface area contributed by atoms with Gasteiger partial charge in [0.2, 0.25) is 0 Å². The fraction of sp³-hybridized carbons (Fsp3) is 0.588. The highest BCUT2D eigenvalue weighted by molar-refractivity contribution is 5.69. The monoisotopic (exact) mass is 275 g/mol. The molecule has 0 fully saturated rings. The summed E-state index contributed by atoms with van der Waals surface area (Å²) in [5.74, 6) is -0.246. The van der Waals surface area contributed by atoms with Crippen LogP contribution in [0.3, 0.4) is 0 Å². The molecule has 0 aromatic heterocycles.